The number of phenolic OH excluding ortho intramolecular Hbond substituents is 1. The van der Waals surface area contributed by atoms with Crippen LogP contribution in [0.4, 0.5) is 0 Å². The van der Waals surface area contributed by atoms with Crippen LogP contribution >= 0.6 is 0 Å². The van der Waals surface area contributed by atoms with Gasteiger partial charge in [0.25, 0.3) is 0 Å². The fourth-order valence-corrected chi connectivity index (χ4v) is 4.17. The molecule has 2 N–H and O–H groups in total. The van der Waals surface area contributed by atoms with E-state index in [1.54, 1.807) is 12.1 Å². The molecule has 0 unspecified atom stereocenters. The van der Waals surface area contributed by atoms with Crippen molar-refractivity contribution in [1.29, 1.82) is 0 Å². The molecule has 2 atom stereocenters. The number of benzene rings is 2. The highest BCUT2D eigenvalue weighted by Crippen LogP contribution is 2.21. The number of nitrogens with one attached hydrogen (secondary N) is 1. The topological polar surface area (TPSA) is 61.3 Å². The van der Waals surface area contributed by atoms with Gasteiger partial charge in [0.2, 0.25) is 0 Å². The summed E-state index contributed by atoms with van der Waals surface area (Å²) in [6.45, 7) is 7.62. The van der Waals surface area contributed by atoms with Gasteiger partial charge >= 0.3 is 0 Å². The minimum Gasteiger partial charge on any atom is -0.508 e. The average molecular weight is 417 g/mol. The first kappa shape index (κ1) is 21.5. The zero-order valence-corrected chi connectivity index (χ0v) is 18.5. The van der Waals surface area contributed by atoms with Crippen LogP contribution in [-0.4, -0.2) is 45.1 Å². The Labute approximate surface area is 185 Å². The molecule has 0 aliphatic carbocycles. The summed E-state index contributed by atoms with van der Waals surface area (Å²) in [5.41, 5.74) is 4.68. The smallest absolute Gasteiger partial charge is 0.128 e. The Hall–Kier alpha value is -2.76. The fourth-order valence-electron chi connectivity index (χ4n) is 4.17. The molecular weight excluding hydrogens is 384 g/mol. The fraction of sp³-hybridized carbons (Fsp3) is 0.385. The predicted octanol–water partition coefficient (Wildman–Crippen LogP) is 4.21. The van der Waals surface area contributed by atoms with Gasteiger partial charge in [0.1, 0.15) is 11.6 Å². The molecule has 0 saturated carbocycles. The summed E-state index contributed by atoms with van der Waals surface area (Å²) in [5, 5.41) is 13.0. The third kappa shape index (κ3) is 5.90. The molecule has 1 aliphatic rings. The monoisotopic (exact) mass is 416 g/mol. The van der Waals surface area contributed by atoms with E-state index in [2.05, 4.69) is 53.3 Å². The van der Waals surface area contributed by atoms with Crippen molar-refractivity contribution < 1.29 is 5.11 Å². The van der Waals surface area contributed by atoms with E-state index in [4.69, 9.17) is 4.98 Å². The van der Waals surface area contributed by atoms with Crippen molar-refractivity contribution in [2.45, 2.75) is 51.7 Å². The van der Waals surface area contributed by atoms with Crippen molar-refractivity contribution in [2.75, 3.05) is 13.1 Å². The van der Waals surface area contributed by atoms with Crippen molar-refractivity contribution in [3.05, 3.63) is 77.7 Å². The lowest BCUT2D eigenvalue weighted by atomic mass is 10.0. The highest BCUT2D eigenvalue weighted by atomic mass is 16.3. The number of hydrogen-bond donors (Lipinski definition) is 2. The molecule has 0 radical (unpaired) electrons. The van der Waals surface area contributed by atoms with E-state index in [9.17, 15) is 5.11 Å². The van der Waals surface area contributed by atoms with E-state index in [1.165, 1.54) is 11.1 Å². The molecule has 162 valence electrons. The van der Waals surface area contributed by atoms with Crippen molar-refractivity contribution in [3.8, 4) is 17.0 Å². The van der Waals surface area contributed by atoms with Gasteiger partial charge in [-0.1, -0.05) is 30.3 Å². The predicted molar refractivity (Wildman–Crippen MR) is 125 cm³/mol. The highest BCUT2D eigenvalue weighted by molar-refractivity contribution is 5.59. The molecule has 3 aromatic rings. The first-order valence-electron chi connectivity index (χ1n) is 11.2. The van der Waals surface area contributed by atoms with Crippen LogP contribution < -0.4 is 5.32 Å². The summed E-state index contributed by atoms with van der Waals surface area (Å²) in [4.78, 5) is 11.9. The Balaban J connectivity index is 1.40. The van der Waals surface area contributed by atoms with Crippen molar-refractivity contribution in [1.82, 2.24) is 20.2 Å². The molecular formula is C26H32N4O. The number of aromatic hydroxyl groups is 1. The van der Waals surface area contributed by atoms with Crippen LogP contribution in [0.1, 0.15) is 37.2 Å². The van der Waals surface area contributed by atoms with Crippen molar-refractivity contribution >= 4 is 0 Å². The number of hydrogen-bond acceptors (Lipinski definition) is 5. The van der Waals surface area contributed by atoms with E-state index >= 15 is 0 Å². The zero-order chi connectivity index (χ0) is 21.6. The van der Waals surface area contributed by atoms with E-state index in [0.717, 1.165) is 56.0 Å². The summed E-state index contributed by atoms with van der Waals surface area (Å²) < 4.78 is 0. The van der Waals surface area contributed by atoms with E-state index in [0.29, 0.717) is 17.8 Å². The summed E-state index contributed by atoms with van der Waals surface area (Å²) in [7, 11) is 0. The third-order valence-corrected chi connectivity index (χ3v) is 6.01. The van der Waals surface area contributed by atoms with Crippen molar-refractivity contribution in [2.24, 2.45) is 0 Å². The lowest BCUT2D eigenvalue weighted by Crippen LogP contribution is -2.53. The third-order valence-electron chi connectivity index (χ3n) is 6.01. The largest absolute Gasteiger partial charge is 0.508 e. The molecule has 5 nitrogen and oxygen atoms in total. The Morgan fingerprint density at radius 1 is 1.03 bits per heavy atom. The van der Waals surface area contributed by atoms with Gasteiger partial charge in [-0.2, -0.15) is 0 Å². The van der Waals surface area contributed by atoms with Gasteiger partial charge in [0, 0.05) is 49.9 Å². The van der Waals surface area contributed by atoms with Crippen LogP contribution in [0.3, 0.4) is 0 Å². The molecule has 1 aromatic heterocycles. The molecule has 0 spiro atoms. The Morgan fingerprint density at radius 2 is 1.87 bits per heavy atom. The summed E-state index contributed by atoms with van der Waals surface area (Å²) in [5.74, 6) is 1.19. The molecule has 0 bridgehead atoms. The first-order chi connectivity index (χ1) is 15.1. The molecule has 31 heavy (non-hydrogen) atoms. The van der Waals surface area contributed by atoms with Crippen LogP contribution in [-0.2, 0) is 19.4 Å². The molecule has 1 aliphatic heterocycles. The Bertz CT molecular complexity index is 989. The molecule has 1 fully saturated rings. The SMILES string of the molecule is C[C@@H]1CN[C@@H](C)CN1Cc1cccc(-c2ccnc(CCCc3ccc(O)cc3)n2)c1. The molecule has 1 saturated heterocycles. The maximum atomic E-state index is 9.41. The summed E-state index contributed by atoms with van der Waals surface area (Å²) in [6, 6.07) is 19.2. The standard InChI is InChI=1S/C26H32N4O/c1-19-17-30(20(2)16-28-19)18-22-6-3-7-23(15-22)25-13-14-27-26(29-25)8-4-5-21-9-11-24(31)12-10-21/h3,6-7,9-15,19-20,28,31H,4-5,8,16-18H2,1-2H3/t19-,20+/m0/s1. The van der Waals surface area contributed by atoms with Gasteiger partial charge in [0.05, 0.1) is 5.69 Å². The van der Waals surface area contributed by atoms with E-state index in [1.807, 2.05) is 24.4 Å². The Kier molecular flexibility index (Phi) is 6.95. The second-order valence-electron chi connectivity index (χ2n) is 8.67. The van der Waals surface area contributed by atoms with E-state index in [-0.39, 0.29) is 0 Å². The van der Waals surface area contributed by atoms with Crippen LogP contribution in [0.15, 0.2) is 60.8 Å². The number of phenols is 1. The maximum Gasteiger partial charge on any atom is 0.128 e. The second-order valence-corrected chi connectivity index (χ2v) is 8.67. The van der Waals surface area contributed by atoms with Crippen LogP contribution in [0.25, 0.3) is 11.3 Å². The average Bonchev–Trinajstić information content (AvgIpc) is 2.78. The number of piperazine rings is 1. The molecule has 5 heteroatoms. The zero-order valence-electron chi connectivity index (χ0n) is 18.5. The van der Waals surface area contributed by atoms with Gasteiger partial charge < -0.3 is 10.4 Å². The lowest BCUT2D eigenvalue weighted by Gasteiger charge is -2.37. The number of rotatable bonds is 7. The maximum absolute atomic E-state index is 9.41. The van der Waals surface area contributed by atoms with Gasteiger partial charge in [0.15, 0.2) is 0 Å². The van der Waals surface area contributed by atoms with Crippen molar-refractivity contribution in [3.63, 3.8) is 0 Å². The summed E-state index contributed by atoms with van der Waals surface area (Å²) in [6.07, 6.45) is 4.63. The second kappa shape index (κ2) is 10.0. The minimum absolute atomic E-state index is 0.308. The number of nitrogens with zero attached hydrogens (tertiary/aromatic N) is 3. The quantitative estimate of drug-likeness (QED) is 0.604. The lowest BCUT2D eigenvalue weighted by molar-refractivity contribution is 0.139. The first-order valence-corrected chi connectivity index (χ1v) is 11.2. The number of aromatic nitrogens is 2. The number of aryl methyl sites for hydroxylation is 2. The van der Waals surface area contributed by atoms with Crippen LogP contribution in [0, 0.1) is 0 Å². The van der Waals surface area contributed by atoms with Gasteiger partial charge in [-0.3, -0.25) is 4.90 Å². The van der Waals surface area contributed by atoms with E-state index < -0.39 is 0 Å². The minimum atomic E-state index is 0.308. The van der Waals surface area contributed by atoms with Gasteiger partial charge in [-0.05, 0) is 62.1 Å². The van der Waals surface area contributed by atoms with Gasteiger partial charge in [-0.15, -0.1) is 0 Å². The highest BCUT2D eigenvalue weighted by Gasteiger charge is 2.22. The molecule has 2 heterocycles. The normalized spacial score (nSPS) is 19.4. The summed E-state index contributed by atoms with van der Waals surface area (Å²) >= 11 is 0. The van der Waals surface area contributed by atoms with Gasteiger partial charge in [-0.25, -0.2) is 9.97 Å². The molecule has 0 amide bonds. The molecule has 2 aromatic carbocycles. The molecule has 4 rings (SSSR count). The van der Waals surface area contributed by atoms with Crippen LogP contribution in [0.2, 0.25) is 0 Å². The Morgan fingerprint density at radius 3 is 2.71 bits per heavy atom. The van der Waals surface area contributed by atoms with Crippen LogP contribution in [0.5, 0.6) is 5.75 Å².